The first-order valence-electron chi connectivity index (χ1n) is 8.23. The van der Waals surface area contributed by atoms with Gasteiger partial charge in [0.1, 0.15) is 0 Å². The summed E-state index contributed by atoms with van der Waals surface area (Å²) in [4.78, 5) is 27.2. The maximum absolute atomic E-state index is 12.3. The fraction of sp³-hybridized carbons (Fsp3) is 0.300. The lowest BCUT2D eigenvalue weighted by Crippen LogP contribution is -2.30. The van der Waals surface area contributed by atoms with E-state index in [0.29, 0.717) is 17.8 Å². The van der Waals surface area contributed by atoms with E-state index in [0.717, 1.165) is 11.1 Å². The molecule has 0 radical (unpaired) electrons. The fourth-order valence-corrected chi connectivity index (χ4v) is 2.94. The molecule has 1 N–H and O–H groups in total. The predicted octanol–water partition coefficient (Wildman–Crippen LogP) is 3.57. The molecule has 0 bridgehead atoms. The van der Waals surface area contributed by atoms with Gasteiger partial charge in [-0.05, 0) is 55.6 Å². The summed E-state index contributed by atoms with van der Waals surface area (Å²) in [7, 11) is 3.24. The molecule has 2 aromatic carbocycles. The van der Waals surface area contributed by atoms with Gasteiger partial charge in [0.25, 0.3) is 0 Å². The van der Waals surface area contributed by atoms with E-state index in [-0.39, 0.29) is 12.5 Å². The van der Waals surface area contributed by atoms with Crippen LogP contribution in [0.25, 0.3) is 0 Å². The standard InChI is InChI=1S/C20H24N2O3S/c1-14-5-8-16(20(24)25-3)11-18(14)21-19(23)13-22(2)12-15-6-9-17(26-4)10-7-15/h5-11H,12-13H2,1-4H3,(H,21,23). The van der Waals surface area contributed by atoms with Gasteiger partial charge in [-0.1, -0.05) is 18.2 Å². The first-order chi connectivity index (χ1) is 12.4. The Kier molecular flexibility index (Phi) is 7.24. The Morgan fingerprint density at radius 1 is 1.15 bits per heavy atom. The van der Waals surface area contributed by atoms with E-state index in [2.05, 4.69) is 29.6 Å². The monoisotopic (exact) mass is 372 g/mol. The van der Waals surface area contributed by atoms with Crippen molar-refractivity contribution >= 4 is 29.3 Å². The highest BCUT2D eigenvalue weighted by Gasteiger charge is 2.12. The summed E-state index contributed by atoms with van der Waals surface area (Å²) in [6.45, 7) is 2.82. The molecule has 0 aliphatic carbocycles. The van der Waals surface area contributed by atoms with Gasteiger partial charge in [0.15, 0.2) is 0 Å². The quantitative estimate of drug-likeness (QED) is 0.595. The summed E-state index contributed by atoms with van der Waals surface area (Å²) in [6.07, 6.45) is 2.04. The molecule has 5 nitrogen and oxygen atoms in total. The van der Waals surface area contributed by atoms with Gasteiger partial charge in [0.05, 0.1) is 19.2 Å². The number of methoxy groups -OCH3 is 1. The van der Waals surface area contributed by atoms with Gasteiger partial charge < -0.3 is 10.1 Å². The molecule has 0 fully saturated rings. The molecule has 26 heavy (non-hydrogen) atoms. The second kappa shape index (κ2) is 9.40. The van der Waals surface area contributed by atoms with E-state index in [1.165, 1.54) is 12.0 Å². The van der Waals surface area contributed by atoms with Gasteiger partial charge in [-0.3, -0.25) is 9.69 Å². The minimum Gasteiger partial charge on any atom is -0.465 e. The number of hydrogen-bond donors (Lipinski definition) is 1. The Morgan fingerprint density at radius 3 is 2.46 bits per heavy atom. The van der Waals surface area contributed by atoms with Crippen molar-refractivity contribution in [1.29, 1.82) is 0 Å². The van der Waals surface area contributed by atoms with Crippen LogP contribution in [0.15, 0.2) is 47.4 Å². The van der Waals surface area contributed by atoms with Crippen molar-refractivity contribution in [2.45, 2.75) is 18.4 Å². The van der Waals surface area contributed by atoms with Gasteiger partial charge in [0.2, 0.25) is 5.91 Å². The maximum Gasteiger partial charge on any atom is 0.337 e. The lowest BCUT2D eigenvalue weighted by Gasteiger charge is -2.17. The molecule has 0 atom stereocenters. The van der Waals surface area contributed by atoms with Crippen molar-refractivity contribution in [2.75, 3.05) is 32.3 Å². The number of amides is 1. The lowest BCUT2D eigenvalue weighted by molar-refractivity contribution is -0.117. The van der Waals surface area contributed by atoms with Crippen LogP contribution in [0, 0.1) is 6.92 Å². The summed E-state index contributed by atoms with van der Waals surface area (Å²) in [6, 6.07) is 13.4. The molecule has 0 aromatic heterocycles. The maximum atomic E-state index is 12.3. The molecule has 0 saturated carbocycles. The molecule has 138 valence electrons. The van der Waals surface area contributed by atoms with E-state index < -0.39 is 5.97 Å². The molecule has 0 heterocycles. The summed E-state index contributed by atoms with van der Waals surface area (Å²) < 4.78 is 4.72. The third-order valence-corrected chi connectivity index (χ3v) is 4.70. The Bertz CT molecular complexity index is 775. The van der Waals surface area contributed by atoms with Crippen LogP contribution in [0.4, 0.5) is 5.69 Å². The molecule has 2 aromatic rings. The van der Waals surface area contributed by atoms with Crippen molar-refractivity contribution in [3.8, 4) is 0 Å². The number of likely N-dealkylation sites (N-methyl/N-ethyl adjacent to an activating group) is 1. The van der Waals surface area contributed by atoms with E-state index in [9.17, 15) is 9.59 Å². The normalized spacial score (nSPS) is 10.7. The van der Waals surface area contributed by atoms with Crippen LogP contribution in [-0.4, -0.2) is 43.7 Å². The van der Waals surface area contributed by atoms with Crippen molar-refractivity contribution in [3.05, 3.63) is 59.2 Å². The molecule has 0 aliphatic heterocycles. The van der Waals surface area contributed by atoms with Crippen LogP contribution in [-0.2, 0) is 16.1 Å². The van der Waals surface area contributed by atoms with Gasteiger partial charge in [-0.25, -0.2) is 4.79 Å². The highest BCUT2D eigenvalue weighted by Crippen LogP contribution is 2.18. The average Bonchev–Trinajstić information content (AvgIpc) is 2.63. The Morgan fingerprint density at radius 2 is 1.85 bits per heavy atom. The van der Waals surface area contributed by atoms with E-state index in [4.69, 9.17) is 4.74 Å². The van der Waals surface area contributed by atoms with Gasteiger partial charge in [0, 0.05) is 17.1 Å². The summed E-state index contributed by atoms with van der Waals surface area (Å²) in [5, 5.41) is 2.87. The number of benzene rings is 2. The van der Waals surface area contributed by atoms with Gasteiger partial charge in [-0.2, -0.15) is 0 Å². The van der Waals surface area contributed by atoms with Crippen LogP contribution >= 0.6 is 11.8 Å². The third-order valence-electron chi connectivity index (χ3n) is 3.96. The second-order valence-corrected chi connectivity index (χ2v) is 6.97. The zero-order valence-electron chi connectivity index (χ0n) is 15.5. The van der Waals surface area contributed by atoms with Crippen LogP contribution in [0.3, 0.4) is 0 Å². The van der Waals surface area contributed by atoms with Gasteiger partial charge >= 0.3 is 5.97 Å². The first kappa shape index (κ1) is 20.0. The molecule has 0 saturated heterocycles. The summed E-state index contributed by atoms with van der Waals surface area (Å²) >= 11 is 1.70. The van der Waals surface area contributed by atoms with Crippen LogP contribution < -0.4 is 5.32 Å². The molecule has 0 unspecified atom stereocenters. The minimum atomic E-state index is -0.425. The fourth-order valence-electron chi connectivity index (χ4n) is 2.53. The van der Waals surface area contributed by atoms with E-state index >= 15 is 0 Å². The second-order valence-electron chi connectivity index (χ2n) is 6.09. The third kappa shape index (κ3) is 5.61. The van der Waals surface area contributed by atoms with Crippen LogP contribution in [0.1, 0.15) is 21.5 Å². The number of anilines is 1. The first-order valence-corrected chi connectivity index (χ1v) is 9.45. The number of esters is 1. The number of carbonyl (C=O) groups is 2. The van der Waals surface area contributed by atoms with Gasteiger partial charge in [-0.15, -0.1) is 11.8 Å². The number of nitrogens with one attached hydrogen (secondary N) is 1. The van der Waals surface area contributed by atoms with E-state index in [1.54, 1.807) is 30.0 Å². The topological polar surface area (TPSA) is 58.6 Å². The highest BCUT2D eigenvalue weighted by molar-refractivity contribution is 7.98. The molecule has 0 spiro atoms. The SMILES string of the molecule is COC(=O)c1ccc(C)c(NC(=O)CN(C)Cc2ccc(SC)cc2)c1. The van der Waals surface area contributed by atoms with Crippen molar-refractivity contribution < 1.29 is 14.3 Å². The molecule has 0 aliphatic rings. The molecule has 2 rings (SSSR count). The minimum absolute atomic E-state index is 0.127. The summed E-state index contributed by atoms with van der Waals surface area (Å²) in [5.74, 6) is -0.551. The number of nitrogens with zero attached hydrogens (tertiary/aromatic N) is 1. The summed E-state index contributed by atoms with van der Waals surface area (Å²) in [5.41, 5.74) is 3.08. The predicted molar refractivity (Wildman–Crippen MR) is 106 cm³/mol. The average molecular weight is 372 g/mol. The smallest absolute Gasteiger partial charge is 0.337 e. The molecule has 1 amide bonds. The van der Waals surface area contributed by atoms with Crippen molar-refractivity contribution in [2.24, 2.45) is 0 Å². The number of aryl methyl sites for hydroxylation is 1. The largest absolute Gasteiger partial charge is 0.465 e. The number of ether oxygens (including phenoxy) is 1. The lowest BCUT2D eigenvalue weighted by atomic mass is 10.1. The van der Waals surface area contributed by atoms with Crippen molar-refractivity contribution in [3.63, 3.8) is 0 Å². The van der Waals surface area contributed by atoms with Crippen LogP contribution in [0.2, 0.25) is 0 Å². The van der Waals surface area contributed by atoms with Crippen LogP contribution in [0.5, 0.6) is 0 Å². The molecular formula is C20H24N2O3S. The zero-order chi connectivity index (χ0) is 19.1. The number of thioether (sulfide) groups is 1. The van der Waals surface area contributed by atoms with E-state index in [1.807, 2.05) is 25.1 Å². The highest BCUT2D eigenvalue weighted by atomic mass is 32.2. The number of carbonyl (C=O) groups excluding carboxylic acids is 2. The zero-order valence-corrected chi connectivity index (χ0v) is 16.4. The number of hydrogen-bond acceptors (Lipinski definition) is 5. The number of rotatable bonds is 7. The Labute approximate surface area is 158 Å². The Balaban J connectivity index is 1.96. The molecular weight excluding hydrogens is 348 g/mol. The Hall–Kier alpha value is -2.31. The molecule has 6 heteroatoms. The van der Waals surface area contributed by atoms with Crippen molar-refractivity contribution in [1.82, 2.24) is 4.90 Å².